The van der Waals surface area contributed by atoms with Gasteiger partial charge in [-0.15, -0.1) is 0 Å². The molecule has 1 aliphatic rings. The van der Waals surface area contributed by atoms with E-state index in [0.29, 0.717) is 23.3 Å². The van der Waals surface area contributed by atoms with Crippen LogP contribution in [0.5, 0.6) is 0 Å². The Kier molecular flexibility index (Phi) is 7.05. The second-order valence-corrected chi connectivity index (χ2v) is 9.85. The molecule has 2 heterocycles. The molecule has 0 aliphatic heterocycles. The number of benzene rings is 1. The number of carbonyl (C=O) groups is 2. The number of aryl methyl sites for hydroxylation is 1. The van der Waals surface area contributed by atoms with Gasteiger partial charge in [0.1, 0.15) is 11.3 Å². The highest BCUT2D eigenvalue weighted by molar-refractivity contribution is 5.93. The summed E-state index contributed by atoms with van der Waals surface area (Å²) < 4.78 is 16.8. The van der Waals surface area contributed by atoms with Crippen LogP contribution in [0, 0.1) is 18.7 Å². The maximum atomic E-state index is 14.9. The number of anilines is 1. The number of nitrogens with zero attached hydrogens (tertiary/aromatic N) is 4. The Morgan fingerprint density at radius 1 is 1.17 bits per heavy atom. The zero-order chi connectivity index (χ0) is 25.3. The molecule has 9 heteroatoms. The lowest BCUT2D eigenvalue weighted by Gasteiger charge is -2.29. The van der Waals surface area contributed by atoms with Crippen molar-refractivity contribution in [1.29, 1.82) is 0 Å². The minimum atomic E-state index is -0.383. The van der Waals surface area contributed by atoms with Crippen LogP contribution in [0.3, 0.4) is 0 Å². The van der Waals surface area contributed by atoms with Gasteiger partial charge in [0.2, 0.25) is 5.91 Å². The van der Waals surface area contributed by atoms with Crippen molar-refractivity contribution >= 4 is 28.8 Å². The highest BCUT2D eigenvalue weighted by atomic mass is 19.1. The van der Waals surface area contributed by atoms with E-state index in [0.717, 1.165) is 35.9 Å². The van der Waals surface area contributed by atoms with E-state index in [2.05, 4.69) is 20.6 Å². The van der Waals surface area contributed by atoms with E-state index in [9.17, 15) is 14.0 Å². The third-order valence-electron chi connectivity index (χ3n) is 6.63. The number of urea groups is 1. The van der Waals surface area contributed by atoms with Gasteiger partial charge >= 0.3 is 6.03 Å². The number of fused-ring (bicyclic) bond motifs is 1. The predicted octanol–water partition coefficient (Wildman–Crippen LogP) is 4.90. The van der Waals surface area contributed by atoms with E-state index in [1.807, 2.05) is 31.4 Å². The van der Waals surface area contributed by atoms with Gasteiger partial charge in [0.15, 0.2) is 5.82 Å². The van der Waals surface area contributed by atoms with Crippen LogP contribution < -0.4 is 10.6 Å². The molecule has 3 aromatic rings. The molecule has 1 aromatic carbocycles. The van der Waals surface area contributed by atoms with Gasteiger partial charge in [-0.25, -0.2) is 19.2 Å². The Morgan fingerprint density at radius 3 is 2.66 bits per heavy atom. The number of hydrogen-bond acceptors (Lipinski definition) is 4. The van der Waals surface area contributed by atoms with Gasteiger partial charge < -0.3 is 20.1 Å². The molecule has 3 amide bonds. The Bertz CT molecular complexity index is 1250. The van der Waals surface area contributed by atoms with E-state index in [1.54, 1.807) is 32.7 Å². The molecule has 0 bridgehead atoms. The maximum absolute atomic E-state index is 14.9. The molecule has 1 fully saturated rings. The predicted molar refractivity (Wildman–Crippen MR) is 135 cm³/mol. The molecule has 2 N–H and O–H groups in total. The normalized spacial score (nSPS) is 18.0. The van der Waals surface area contributed by atoms with Crippen molar-refractivity contribution in [1.82, 2.24) is 24.8 Å². The van der Waals surface area contributed by atoms with Crippen LogP contribution in [0.4, 0.5) is 15.0 Å². The number of rotatable bonds is 5. The highest BCUT2D eigenvalue weighted by Gasteiger charge is 2.29. The summed E-state index contributed by atoms with van der Waals surface area (Å²) in [5.74, 6) is -0.285. The summed E-state index contributed by atoms with van der Waals surface area (Å²) in [6.07, 6.45) is 6.42. The quantitative estimate of drug-likeness (QED) is 0.544. The molecule has 186 valence electrons. The van der Waals surface area contributed by atoms with Crippen LogP contribution in [-0.2, 0) is 4.79 Å². The van der Waals surface area contributed by atoms with Crippen molar-refractivity contribution in [3.8, 4) is 11.1 Å². The molecule has 0 spiro atoms. The van der Waals surface area contributed by atoms with Gasteiger partial charge in [0.25, 0.3) is 0 Å². The van der Waals surface area contributed by atoms with Crippen molar-refractivity contribution in [3.05, 3.63) is 42.1 Å². The largest absolute Gasteiger partial charge is 0.335 e. The summed E-state index contributed by atoms with van der Waals surface area (Å²) >= 11 is 0. The zero-order valence-electron chi connectivity index (χ0n) is 20.9. The molecule has 0 radical (unpaired) electrons. The standard InChI is InChI=1S/C26H33FN6O2/c1-15(2)33-14-29-24-21(27)10-18(11-22(24)33)20-12-23(28-13-16(20)3)31-25(34)17-7-6-8-19(9-17)30-26(35)32(4)5/h10-15,17,19H,6-9H2,1-5H3,(H,30,35)(H,28,31,34)/t17?,19-/m1/s1. The van der Waals surface area contributed by atoms with Gasteiger partial charge in [-0.1, -0.05) is 6.42 Å². The third kappa shape index (κ3) is 5.28. The van der Waals surface area contributed by atoms with E-state index in [4.69, 9.17) is 0 Å². The fraction of sp³-hybridized carbons (Fsp3) is 0.462. The molecule has 35 heavy (non-hydrogen) atoms. The molecule has 0 saturated heterocycles. The van der Waals surface area contributed by atoms with Crippen LogP contribution in [0.2, 0.25) is 0 Å². The Labute approximate surface area is 204 Å². The molecular weight excluding hydrogens is 447 g/mol. The minimum Gasteiger partial charge on any atom is -0.335 e. The number of halogens is 1. The van der Waals surface area contributed by atoms with Crippen LogP contribution in [0.1, 0.15) is 51.1 Å². The number of nitrogens with one attached hydrogen (secondary N) is 2. The first-order valence-corrected chi connectivity index (χ1v) is 12.1. The second-order valence-electron chi connectivity index (χ2n) is 9.85. The fourth-order valence-corrected chi connectivity index (χ4v) is 4.65. The van der Waals surface area contributed by atoms with E-state index < -0.39 is 0 Å². The zero-order valence-corrected chi connectivity index (χ0v) is 20.9. The summed E-state index contributed by atoms with van der Waals surface area (Å²) in [7, 11) is 3.40. The van der Waals surface area contributed by atoms with Gasteiger partial charge in [0, 0.05) is 38.3 Å². The van der Waals surface area contributed by atoms with Crippen LogP contribution in [0.25, 0.3) is 22.2 Å². The molecule has 4 rings (SSSR count). The van der Waals surface area contributed by atoms with Crippen molar-refractivity contribution < 1.29 is 14.0 Å². The highest BCUT2D eigenvalue weighted by Crippen LogP contribution is 2.31. The Morgan fingerprint density at radius 2 is 1.94 bits per heavy atom. The first-order valence-electron chi connectivity index (χ1n) is 12.1. The van der Waals surface area contributed by atoms with Crippen LogP contribution in [-0.4, -0.2) is 51.5 Å². The first-order chi connectivity index (χ1) is 16.6. The van der Waals surface area contributed by atoms with Crippen LogP contribution >= 0.6 is 0 Å². The maximum Gasteiger partial charge on any atom is 0.317 e. The summed E-state index contributed by atoms with van der Waals surface area (Å²) in [6, 6.07) is 5.16. The summed E-state index contributed by atoms with van der Waals surface area (Å²) in [5.41, 5.74) is 3.45. The average Bonchev–Trinajstić information content (AvgIpc) is 3.25. The lowest BCUT2D eigenvalue weighted by Crippen LogP contribution is -2.45. The molecule has 8 nitrogen and oxygen atoms in total. The summed E-state index contributed by atoms with van der Waals surface area (Å²) in [4.78, 5) is 35.2. The SMILES string of the molecule is Cc1cnc(NC(=O)C2CCC[C@@H](NC(=O)N(C)C)C2)cc1-c1cc(F)c2ncn(C(C)C)c2c1. The Balaban J connectivity index is 1.55. The van der Waals surface area contributed by atoms with Crippen LogP contribution in [0.15, 0.2) is 30.7 Å². The van der Waals surface area contributed by atoms with E-state index in [-0.39, 0.29) is 35.8 Å². The summed E-state index contributed by atoms with van der Waals surface area (Å²) in [6.45, 7) is 5.96. The monoisotopic (exact) mass is 480 g/mol. The number of hydrogen-bond donors (Lipinski definition) is 2. The van der Waals surface area contributed by atoms with Gasteiger partial charge in [-0.2, -0.15) is 0 Å². The van der Waals surface area contributed by atoms with Gasteiger partial charge in [0.05, 0.1) is 11.8 Å². The first kappa shape index (κ1) is 24.6. The van der Waals surface area contributed by atoms with Crippen molar-refractivity contribution in [2.45, 2.75) is 58.5 Å². The van der Waals surface area contributed by atoms with Crippen molar-refractivity contribution in [2.75, 3.05) is 19.4 Å². The molecular formula is C26H33FN6O2. The number of aromatic nitrogens is 3. The second kappa shape index (κ2) is 10.0. The molecule has 1 unspecified atom stereocenters. The lowest BCUT2D eigenvalue weighted by molar-refractivity contribution is -0.121. The minimum absolute atomic E-state index is 0.0311. The molecule has 2 atom stereocenters. The summed E-state index contributed by atoms with van der Waals surface area (Å²) in [5, 5.41) is 5.92. The topological polar surface area (TPSA) is 92.2 Å². The van der Waals surface area contributed by atoms with E-state index in [1.165, 1.54) is 11.0 Å². The number of amides is 3. The molecule has 1 saturated carbocycles. The molecule has 1 aliphatic carbocycles. The van der Waals surface area contributed by atoms with Crippen molar-refractivity contribution in [2.24, 2.45) is 5.92 Å². The molecule has 2 aromatic heterocycles. The van der Waals surface area contributed by atoms with E-state index >= 15 is 0 Å². The Hall–Kier alpha value is -3.49. The number of carbonyl (C=O) groups excluding carboxylic acids is 2. The third-order valence-corrected chi connectivity index (χ3v) is 6.63. The lowest BCUT2D eigenvalue weighted by atomic mass is 9.85. The van der Waals surface area contributed by atoms with Gasteiger partial charge in [-0.3, -0.25) is 4.79 Å². The van der Waals surface area contributed by atoms with Crippen molar-refractivity contribution in [3.63, 3.8) is 0 Å². The smallest absolute Gasteiger partial charge is 0.317 e. The fourth-order valence-electron chi connectivity index (χ4n) is 4.65. The number of pyridine rings is 1. The average molecular weight is 481 g/mol. The number of imidazole rings is 1. The van der Waals surface area contributed by atoms with Gasteiger partial charge in [-0.05, 0) is 74.9 Å².